The van der Waals surface area contributed by atoms with E-state index < -0.39 is 11.1 Å². The van der Waals surface area contributed by atoms with Gasteiger partial charge in [-0.25, -0.2) is 0 Å². The number of hydrogen-bond acceptors (Lipinski definition) is 5. The molecule has 8 nitrogen and oxygen atoms in total. The summed E-state index contributed by atoms with van der Waals surface area (Å²) in [5.41, 5.74) is -0.188. The summed E-state index contributed by atoms with van der Waals surface area (Å²) in [5.74, 6) is 0.841. The molecule has 2 aromatic carbocycles. The number of benzene rings is 2. The van der Waals surface area contributed by atoms with Crippen LogP contribution >= 0.6 is 0 Å². The Kier molecular flexibility index (Phi) is 6.92. The Morgan fingerprint density at radius 2 is 1.74 bits per heavy atom. The van der Waals surface area contributed by atoms with Crippen molar-refractivity contribution < 1.29 is 14.3 Å². The van der Waals surface area contributed by atoms with Gasteiger partial charge >= 0.3 is 11.1 Å². The van der Waals surface area contributed by atoms with Crippen LogP contribution in [-0.2, 0) is 11.3 Å². The molecule has 0 aliphatic carbocycles. The van der Waals surface area contributed by atoms with E-state index in [0.717, 1.165) is 15.9 Å². The van der Waals surface area contributed by atoms with Crippen LogP contribution in [0.1, 0.15) is 25.5 Å². The van der Waals surface area contributed by atoms with Crippen molar-refractivity contribution in [1.82, 2.24) is 14.5 Å². The van der Waals surface area contributed by atoms with Gasteiger partial charge in [0, 0.05) is 12.4 Å². The highest BCUT2D eigenvalue weighted by molar-refractivity contribution is 5.76. The first-order chi connectivity index (χ1) is 14.9. The van der Waals surface area contributed by atoms with E-state index in [2.05, 4.69) is 5.32 Å². The van der Waals surface area contributed by atoms with Crippen molar-refractivity contribution in [2.75, 3.05) is 13.7 Å². The lowest BCUT2D eigenvalue weighted by Crippen LogP contribution is -2.42. The Labute approximate surface area is 179 Å². The van der Waals surface area contributed by atoms with Crippen LogP contribution in [0.15, 0.2) is 70.5 Å². The molecular formula is C23H25N3O5. The molecule has 1 heterocycles. The Hall–Kier alpha value is -3.81. The second-order valence-corrected chi connectivity index (χ2v) is 6.87. The molecule has 1 unspecified atom stereocenters. The molecule has 1 N–H and O–H groups in total. The SMILES string of the molecule is CCOc1ccccc1-n1ccn(CC(=O)NC(C)c2ccc(OC)cc2)c(=O)c1=O. The van der Waals surface area contributed by atoms with Gasteiger partial charge in [0.25, 0.3) is 0 Å². The van der Waals surface area contributed by atoms with Gasteiger partial charge < -0.3 is 14.8 Å². The molecule has 1 atom stereocenters. The maximum Gasteiger partial charge on any atom is 0.321 e. The largest absolute Gasteiger partial charge is 0.497 e. The maximum absolute atomic E-state index is 12.7. The second-order valence-electron chi connectivity index (χ2n) is 6.87. The van der Waals surface area contributed by atoms with Gasteiger partial charge in [-0.3, -0.25) is 23.5 Å². The molecule has 3 rings (SSSR count). The Balaban J connectivity index is 1.77. The Morgan fingerprint density at radius 3 is 2.42 bits per heavy atom. The van der Waals surface area contributed by atoms with E-state index in [1.165, 1.54) is 17.0 Å². The lowest BCUT2D eigenvalue weighted by atomic mass is 10.1. The topological polar surface area (TPSA) is 91.6 Å². The maximum atomic E-state index is 12.7. The predicted molar refractivity (Wildman–Crippen MR) is 117 cm³/mol. The van der Waals surface area contributed by atoms with Crippen LogP contribution in [0.5, 0.6) is 11.5 Å². The van der Waals surface area contributed by atoms with Crippen LogP contribution in [0.3, 0.4) is 0 Å². The molecular weight excluding hydrogens is 398 g/mol. The monoisotopic (exact) mass is 423 g/mol. The molecule has 0 spiro atoms. The molecule has 3 aromatic rings. The molecule has 1 aromatic heterocycles. The summed E-state index contributed by atoms with van der Waals surface area (Å²) in [6, 6.07) is 14.0. The second kappa shape index (κ2) is 9.80. The molecule has 1 amide bonds. The summed E-state index contributed by atoms with van der Waals surface area (Å²) >= 11 is 0. The number of ether oxygens (including phenoxy) is 2. The smallest absolute Gasteiger partial charge is 0.321 e. The van der Waals surface area contributed by atoms with Crippen LogP contribution in [0, 0.1) is 0 Å². The molecule has 0 aliphatic rings. The van der Waals surface area contributed by atoms with E-state index in [1.54, 1.807) is 31.4 Å². The highest BCUT2D eigenvalue weighted by Gasteiger charge is 2.14. The third-order valence-corrected chi connectivity index (χ3v) is 4.79. The van der Waals surface area contributed by atoms with Crippen LogP contribution < -0.4 is 25.9 Å². The molecule has 0 radical (unpaired) electrons. The van der Waals surface area contributed by atoms with Gasteiger partial charge in [-0.2, -0.15) is 0 Å². The van der Waals surface area contributed by atoms with E-state index >= 15 is 0 Å². The van der Waals surface area contributed by atoms with Crippen molar-refractivity contribution in [3.63, 3.8) is 0 Å². The van der Waals surface area contributed by atoms with E-state index in [0.29, 0.717) is 18.0 Å². The molecule has 0 fully saturated rings. The lowest BCUT2D eigenvalue weighted by Gasteiger charge is -2.16. The van der Waals surface area contributed by atoms with Crippen molar-refractivity contribution in [1.29, 1.82) is 0 Å². The van der Waals surface area contributed by atoms with Gasteiger partial charge in [0.15, 0.2) is 0 Å². The number of amides is 1. The third-order valence-electron chi connectivity index (χ3n) is 4.79. The zero-order valence-electron chi connectivity index (χ0n) is 17.7. The molecule has 0 aliphatic heterocycles. The number of rotatable bonds is 8. The van der Waals surface area contributed by atoms with E-state index in [-0.39, 0.29) is 18.5 Å². The number of carbonyl (C=O) groups excluding carboxylic acids is 1. The van der Waals surface area contributed by atoms with Crippen LogP contribution in [0.25, 0.3) is 5.69 Å². The van der Waals surface area contributed by atoms with Crippen LogP contribution in [0.2, 0.25) is 0 Å². The summed E-state index contributed by atoms with van der Waals surface area (Å²) in [6.45, 7) is 3.84. The standard InChI is InChI=1S/C23H25N3O5/c1-4-31-20-8-6-5-7-19(20)26-14-13-25(22(28)23(26)29)15-21(27)24-16(2)17-9-11-18(30-3)12-10-17/h5-14,16H,4,15H2,1-3H3,(H,24,27). The summed E-state index contributed by atoms with van der Waals surface area (Å²) in [5, 5.41) is 2.83. The average molecular weight is 423 g/mol. The van der Waals surface area contributed by atoms with Gasteiger partial charge in [0.1, 0.15) is 18.0 Å². The number of hydrogen-bond donors (Lipinski definition) is 1. The summed E-state index contributed by atoms with van der Waals surface area (Å²) < 4.78 is 13.0. The highest BCUT2D eigenvalue weighted by Crippen LogP contribution is 2.20. The van der Waals surface area contributed by atoms with Gasteiger partial charge in [0.05, 0.1) is 25.4 Å². The minimum atomic E-state index is -0.791. The van der Waals surface area contributed by atoms with E-state index in [9.17, 15) is 14.4 Å². The van der Waals surface area contributed by atoms with Crippen molar-refractivity contribution in [2.24, 2.45) is 0 Å². The van der Waals surface area contributed by atoms with Gasteiger partial charge in [-0.15, -0.1) is 0 Å². The Bertz CT molecular complexity index is 1160. The van der Waals surface area contributed by atoms with Gasteiger partial charge in [-0.05, 0) is 43.7 Å². The first-order valence-electron chi connectivity index (χ1n) is 9.92. The molecule has 0 saturated carbocycles. The zero-order chi connectivity index (χ0) is 22.4. The van der Waals surface area contributed by atoms with Crippen molar-refractivity contribution in [3.8, 4) is 17.2 Å². The first-order valence-corrected chi connectivity index (χ1v) is 9.92. The van der Waals surface area contributed by atoms with Gasteiger partial charge in [-0.1, -0.05) is 24.3 Å². The minimum Gasteiger partial charge on any atom is -0.497 e. The molecule has 0 saturated heterocycles. The quantitative estimate of drug-likeness (QED) is 0.562. The summed E-state index contributed by atoms with van der Waals surface area (Å²) in [6.07, 6.45) is 2.88. The van der Waals surface area contributed by atoms with E-state index in [1.807, 2.05) is 38.1 Å². The first kappa shape index (κ1) is 21.9. The van der Waals surface area contributed by atoms with Crippen LogP contribution in [-0.4, -0.2) is 28.8 Å². The summed E-state index contributed by atoms with van der Waals surface area (Å²) in [4.78, 5) is 37.7. The normalized spacial score (nSPS) is 11.6. The number of carbonyl (C=O) groups is 1. The number of methoxy groups -OCH3 is 1. The third kappa shape index (κ3) is 5.03. The van der Waals surface area contributed by atoms with Crippen LogP contribution in [0.4, 0.5) is 0 Å². The van der Waals surface area contributed by atoms with Crippen molar-refractivity contribution in [2.45, 2.75) is 26.4 Å². The number of aromatic nitrogens is 2. The summed E-state index contributed by atoms with van der Waals surface area (Å²) in [7, 11) is 1.58. The number of para-hydroxylation sites is 2. The average Bonchev–Trinajstić information content (AvgIpc) is 2.78. The van der Waals surface area contributed by atoms with Crippen molar-refractivity contribution >= 4 is 5.91 Å². The number of nitrogens with one attached hydrogen (secondary N) is 1. The molecule has 162 valence electrons. The number of nitrogens with zero attached hydrogens (tertiary/aromatic N) is 2. The van der Waals surface area contributed by atoms with E-state index in [4.69, 9.17) is 9.47 Å². The zero-order valence-corrected chi connectivity index (χ0v) is 17.7. The fourth-order valence-electron chi connectivity index (χ4n) is 3.17. The van der Waals surface area contributed by atoms with Crippen molar-refractivity contribution in [3.05, 3.63) is 87.2 Å². The van der Waals surface area contributed by atoms with Gasteiger partial charge in [0.2, 0.25) is 5.91 Å². The molecule has 8 heteroatoms. The Morgan fingerprint density at radius 1 is 1.03 bits per heavy atom. The lowest BCUT2D eigenvalue weighted by molar-refractivity contribution is -0.122. The fourth-order valence-corrected chi connectivity index (χ4v) is 3.17. The molecule has 0 bridgehead atoms. The predicted octanol–water partition coefficient (Wildman–Crippen LogP) is 2.28. The minimum absolute atomic E-state index is 0.261. The highest BCUT2D eigenvalue weighted by atomic mass is 16.5. The fraction of sp³-hybridized carbons (Fsp3) is 0.261. The molecule has 31 heavy (non-hydrogen) atoms.